The van der Waals surface area contributed by atoms with Gasteiger partial charge in [-0.05, 0) is 37.3 Å². The van der Waals surface area contributed by atoms with Gasteiger partial charge in [-0.15, -0.1) is 0 Å². The van der Waals surface area contributed by atoms with E-state index in [1.807, 2.05) is 24.4 Å². The zero-order chi connectivity index (χ0) is 12.3. The van der Waals surface area contributed by atoms with E-state index in [2.05, 4.69) is 10.4 Å². The smallest absolute Gasteiger partial charge is 0.258 e. The monoisotopic (exact) mass is 237 g/mol. The van der Waals surface area contributed by atoms with Crippen molar-refractivity contribution in [2.45, 2.75) is 19.4 Å². The first-order valence-corrected chi connectivity index (χ1v) is 5.31. The second-order valence-electron chi connectivity index (χ2n) is 3.76. The molecule has 0 aliphatic carbocycles. The van der Waals surface area contributed by atoms with Crippen molar-refractivity contribution in [1.29, 1.82) is 0 Å². The molecule has 0 aliphatic rings. The van der Waals surface area contributed by atoms with Crippen molar-refractivity contribution in [3.63, 3.8) is 0 Å². The van der Waals surface area contributed by atoms with E-state index in [0.29, 0.717) is 5.69 Å². The summed E-state index contributed by atoms with van der Waals surface area (Å²) in [5, 5.41) is 6.82. The summed E-state index contributed by atoms with van der Waals surface area (Å²) in [6, 6.07) is 8.14. The number of nitrogens with one attached hydrogen (secondary N) is 1. The molecule has 2 aromatic rings. The Morgan fingerprint density at radius 2 is 1.94 bits per heavy atom. The Balaban J connectivity index is 2.08. The normalized spacial score (nSPS) is 12.7. The second kappa shape index (κ2) is 4.95. The summed E-state index contributed by atoms with van der Waals surface area (Å²) in [5.41, 5.74) is 1.57. The number of rotatable bonds is 4. The molecule has 5 heteroatoms. The molecule has 1 aromatic carbocycles. The Bertz CT molecular complexity index is 451. The maximum absolute atomic E-state index is 12.3. The average molecular weight is 237 g/mol. The number of hydrogen-bond acceptors (Lipinski definition) is 2. The van der Waals surface area contributed by atoms with Gasteiger partial charge in [0, 0.05) is 18.1 Å². The van der Waals surface area contributed by atoms with E-state index in [9.17, 15) is 8.78 Å². The maximum atomic E-state index is 12.3. The lowest BCUT2D eigenvalue weighted by atomic mass is 10.2. The summed E-state index contributed by atoms with van der Waals surface area (Å²) in [7, 11) is 0. The van der Waals surface area contributed by atoms with Gasteiger partial charge in [0.2, 0.25) is 0 Å². The molecule has 1 N–H and O–H groups in total. The maximum Gasteiger partial charge on any atom is 0.258 e. The van der Waals surface area contributed by atoms with Crippen LogP contribution in [-0.2, 0) is 0 Å². The summed E-state index contributed by atoms with van der Waals surface area (Å²) in [6.07, 6.45) is 1.13. The zero-order valence-electron chi connectivity index (χ0n) is 9.35. The number of benzene rings is 1. The SMILES string of the molecule is CC(Nc1ccc(-n2cccn2)cc1)C(F)F. The number of hydrogen-bond donors (Lipinski definition) is 1. The summed E-state index contributed by atoms with van der Waals surface area (Å²) in [4.78, 5) is 0. The first kappa shape index (κ1) is 11.6. The third kappa shape index (κ3) is 2.81. The molecule has 1 atom stereocenters. The molecule has 0 fully saturated rings. The van der Waals surface area contributed by atoms with Gasteiger partial charge in [0.15, 0.2) is 0 Å². The van der Waals surface area contributed by atoms with Gasteiger partial charge >= 0.3 is 0 Å². The fourth-order valence-electron chi connectivity index (χ4n) is 1.46. The van der Waals surface area contributed by atoms with Crippen molar-refractivity contribution in [1.82, 2.24) is 9.78 Å². The van der Waals surface area contributed by atoms with Crippen molar-refractivity contribution in [3.05, 3.63) is 42.7 Å². The van der Waals surface area contributed by atoms with Crippen molar-refractivity contribution >= 4 is 5.69 Å². The largest absolute Gasteiger partial charge is 0.377 e. The molecule has 0 aliphatic heterocycles. The van der Waals surface area contributed by atoms with E-state index in [1.165, 1.54) is 6.92 Å². The third-order valence-electron chi connectivity index (χ3n) is 2.41. The van der Waals surface area contributed by atoms with Gasteiger partial charge in [0.05, 0.1) is 11.7 Å². The summed E-state index contributed by atoms with van der Waals surface area (Å²) in [6.45, 7) is 1.45. The Labute approximate surface area is 98.1 Å². The molecule has 90 valence electrons. The van der Waals surface area contributed by atoms with Crippen LogP contribution in [0.4, 0.5) is 14.5 Å². The summed E-state index contributed by atoms with van der Waals surface area (Å²) >= 11 is 0. The quantitative estimate of drug-likeness (QED) is 0.886. The first-order valence-electron chi connectivity index (χ1n) is 5.31. The van der Waals surface area contributed by atoms with Gasteiger partial charge in [0.25, 0.3) is 6.43 Å². The highest BCUT2D eigenvalue weighted by Crippen LogP contribution is 2.15. The topological polar surface area (TPSA) is 29.9 Å². The second-order valence-corrected chi connectivity index (χ2v) is 3.76. The van der Waals surface area contributed by atoms with Crippen LogP contribution in [0.2, 0.25) is 0 Å². The molecule has 0 saturated heterocycles. The fraction of sp³-hybridized carbons (Fsp3) is 0.250. The standard InChI is InChI=1S/C12H13F2N3/c1-9(12(13)14)16-10-3-5-11(6-4-10)17-8-2-7-15-17/h2-9,12,16H,1H3. The van der Waals surface area contributed by atoms with Crippen molar-refractivity contribution in [3.8, 4) is 5.69 Å². The van der Waals surface area contributed by atoms with Crippen molar-refractivity contribution in [2.24, 2.45) is 0 Å². The molecule has 0 radical (unpaired) electrons. The average Bonchev–Trinajstić information content (AvgIpc) is 2.83. The summed E-state index contributed by atoms with van der Waals surface area (Å²) < 4.78 is 26.4. The van der Waals surface area contributed by atoms with Crippen LogP contribution < -0.4 is 5.32 Å². The van der Waals surface area contributed by atoms with Gasteiger partial charge in [-0.1, -0.05) is 0 Å². The summed E-state index contributed by atoms with van der Waals surface area (Å²) in [5.74, 6) is 0. The Hall–Kier alpha value is -1.91. The predicted octanol–water partition coefficient (Wildman–Crippen LogP) is 2.94. The number of alkyl halides is 2. The van der Waals surface area contributed by atoms with E-state index in [4.69, 9.17) is 0 Å². The molecule has 2 rings (SSSR count). The zero-order valence-corrected chi connectivity index (χ0v) is 9.35. The minimum Gasteiger partial charge on any atom is -0.377 e. The molecule has 0 saturated carbocycles. The Morgan fingerprint density at radius 3 is 2.47 bits per heavy atom. The Morgan fingerprint density at radius 1 is 1.24 bits per heavy atom. The van der Waals surface area contributed by atoms with Gasteiger partial charge in [0.1, 0.15) is 0 Å². The van der Waals surface area contributed by atoms with Crippen LogP contribution in [0.5, 0.6) is 0 Å². The van der Waals surface area contributed by atoms with Crippen molar-refractivity contribution in [2.75, 3.05) is 5.32 Å². The first-order chi connectivity index (χ1) is 8.16. The van der Waals surface area contributed by atoms with Gasteiger partial charge in [-0.2, -0.15) is 5.10 Å². The van der Waals surface area contributed by atoms with Crippen LogP contribution in [0.25, 0.3) is 5.69 Å². The van der Waals surface area contributed by atoms with E-state index < -0.39 is 12.5 Å². The Kier molecular flexibility index (Phi) is 3.37. The number of nitrogens with zero attached hydrogens (tertiary/aromatic N) is 2. The van der Waals surface area contributed by atoms with Crippen LogP contribution >= 0.6 is 0 Å². The highest BCUT2D eigenvalue weighted by molar-refractivity contribution is 5.49. The van der Waals surface area contributed by atoms with Crippen LogP contribution in [0.3, 0.4) is 0 Å². The fourth-order valence-corrected chi connectivity index (χ4v) is 1.46. The molecule has 0 spiro atoms. The molecule has 0 amide bonds. The minimum atomic E-state index is -2.37. The molecular formula is C12H13F2N3. The van der Waals surface area contributed by atoms with Crippen molar-refractivity contribution < 1.29 is 8.78 Å². The number of aromatic nitrogens is 2. The highest BCUT2D eigenvalue weighted by Gasteiger charge is 2.13. The predicted molar refractivity (Wildman–Crippen MR) is 62.7 cm³/mol. The number of halogens is 2. The third-order valence-corrected chi connectivity index (χ3v) is 2.41. The molecule has 1 heterocycles. The lowest BCUT2D eigenvalue weighted by molar-refractivity contribution is 0.131. The lowest BCUT2D eigenvalue weighted by Gasteiger charge is -2.14. The lowest BCUT2D eigenvalue weighted by Crippen LogP contribution is -2.23. The molecule has 17 heavy (non-hydrogen) atoms. The van der Waals surface area contributed by atoms with Crippen LogP contribution in [0.15, 0.2) is 42.7 Å². The molecule has 0 bridgehead atoms. The molecule has 1 aromatic heterocycles. The van der Waals surface area contributed by atoms with Gasteiger partial charge in [-0.3, -0.25) is 0 Å². The molecule has 1 unspecified atom stereocenters. The van der Waals surface area contributed by atoms with E-state index in [1.54, 1.807) is 23.0 Å². The highest BCUT2D eigenvalue weighted by atomic mass is 19.3. The van der Waals surface area contributed by atoms with E-state index in [0.717, 1.165) is 5.69 Å². The van der Waals surface area contributed by atoms with E-state index in [-0.39, 0.29) is 0 Å². The van der Waals surface area contributed by atoms with Crippen LogP contribution in [-0.4, -0.2) is 22.2 Å². The van der Waals surface area contributed by atoms with Crippen LogP contribution in [0, 0.1) is 0 Å². The van der Waals surface area contributed by atoms with Gasteiger partial charge < -0.3 is 5.32 Å². The van der Waals surface area contributed by atoms with E-state index >= 15 is 0 Å². The van der Waals surface area contributed by atoms with Crippen LogP contribution in [0.1, 0.15) is 6.92 Å². The molecule has 3 nitrogen and oxygen atoms in total. The minimum absolute atomic E-state index is 0.675. The molecular weight excluding hydrogens is 224 g/mol. The van der Waals surface area contributed by atoms with Gasteiger partial charge in [-0.25, -0.2) is 13.5 Å². The number of anilines is 1.